The summed E-state index contributed by atoms with van der Waals surface area (Å²) in [7, 11) is 0.104. The molecule has 0 N–H and O–H groups in total. The number of ether oxygens (including phenoxy) is 2. The maximum Gasteiger partial charge on any atom is 0.176 e. The first-order valence-electron chi connectivity index (χ1n) is 8.60. The number of carbonyl (C=O) groups is 1. The van der Waals surface area contributed by atoms with Gasteiger partial charge in [0, 0.05) is 11.6 Å². The van der Waals surface area contributed by atoms with Crippen molar-refractivity contribution in [3.63, 3.8) is 0 Å². The number of nitrogens with zero attached hydrogens (tertiary/aromatic N) is 1. The van der Waals surface area contributed by atoms with Gasteiger partial charge in [0.2, 0.25) is 0 Å². The summed E-state index contributed by atoms with van der Waals surface area (Å²) in [6.07, 6.45) is 2.54. The Bertz CT molecular complexity index is 701. The third kappa shape index (κ3) is 5.19. The van der Waals surface area contributed by atoms with Crippen LogP contribution in [0.25, 0.3) is 0 Å². The van der Waals surface area contributed by atoms with E-state index in [2.05, 4.69) is 6.92 Å². The maximum absolute atomic E-state index is 12.7. The second-order valence-electron chi connectivity index (χ2n) is 6.37. The molecule has 1 heterocycles. The zero-order valence-electron chi connectivity index (χ0n) is 15.2. The van der Waals surface area contributed by atoms with Gasteiger partial charge in [-0.3, -0.25) is 9.69 Å². The minimum absolute atomic E-state index is 0.0404. The Labute approximate surface area is 150 Å². The van der Waals surface area contributed by atoms with Crippen LogP contribution in [0.15, 0.2) is 18.2 Å². The number of hydrogen-bond acceptors (Lipinski definition) is 6. The van der Waals surface area contributed by atoms with Crippen LogP contribution in [0.5, 0.6) is 11.5 Å². The molecule has 0 radical (unpaired) electrons. The van der Waals surface area contributed by atoms with Crippen molar-refractivity contribution in [2.45, 2.75) is 32.2 Å². The highest BCUT2D eigenvalue weighted by molar-refractivity contribution is 7.91. The van der Waals surface area contributed by atoms with Gasteiger partial charge >= 0.3 is 0 Å². The van der Waals surface area contributed by atoms with E-state index in [4.69, 9.17) is 9.47 Å². The van der Waals surface area contributed by atoms with Crippen LogP contribution in [0.4, 0.5) is 0 Å². The lowest BCUT2D eigenvalue weighted by Crippen LogP contribution is -2.40. The van der Waals surface area contributed by atoms with E-state index in [9.17, 15) is 13.2 Å². The lowest BCUT2D eigenvalue weighted by Gasteiger charge is -2.27. The van der Waals surface area contributed by atoms with Crippen molar-refractivity contribution in [2.24, 2.45) is 0 Å². The van der Waals surface area contributed by atoms with Gasteiger partial charge in [0.25, 0.3) is 0 Å². The minimum Gasteiger partial charge on any atom is -0.493 e. The van der Waals surface area contributed by atoms with E-state index >= 15 is 0 Å². The van der Waals surface area contributed by atoms with Crippen LogP contribution in [0.2, 0.25) is 0 Å². The number of ketones is 1. The topological polar surface area (TPSA) is 72.9 Å². The molecule has 7 heteroatoms. The van der Waals surface area contributed by atoms with Gasteiger partial charge in [-0.25, -0.2) is 8.42 Å². The molecule has 0 bridgehead atoms. The first-order chi connectivity index (χ1) is 11.9. The summed E-state index contributed by atoms with van der Waals surface area (Å²) in [4.78, 5) is 14.7. The first-order valence-corrected chi connectivity index (χ1v) is 10.4. The van der Waals surface area contributed by atoms with Gasteiger partial charge in [0.05, 0.1) is 32.3 Å². The lowest BCUT2D eigenvalue weighted by molar-refractivity contribution is 0.0899. The Morgan fingerprint density at radius 2 is 1.96 bits per heavy atom. The molecule has 1 saturated heterocycles. The Balaban J connectivity index is 2.13. The molecule has 0 unspecified atom stereocenters. The van der Waals surface area contributed by atoms with Crippen molar-refractivity contribution in [1.82, 2.24) is 4.90 Å². The molecule has 0 amide bonds. The molecule has 0 aromatic heterocycles. The number of rotatable bonds is 9. The highest BCUT2D eigenvalue weighted by Crippen LogP contribution is 2.28. The summed E-state index contributed by atoms with van der Waals surface area (Å²) in [6, 6.07) is 5.03. The first kappa shape index (κ1) is 19.7. The summed E-state index contributed by atoms with van der Waals surface area (Å²) in [5.41, 5.74) is 0.542. The zero-order valence-corrected chi connectivity index (χ0v) is 16.0. The van der Waals surface area contributed by atoms with Crippen molar-refractivity contribution in [2.75, 3.05) is 38.8 Å². The molecule has 1 atom stereocenters. The van der Waals surface area contributed by atoms with Gasteiger partial charge in [-0.1, -0.05) is 13.3 Å². The van der Waals surface area contributed by atoms with Crippen molar-refractivity contribution < 1.29 is 22.7 Å². The van der Waals surface area contributed by atoms with Crippen molar-refractivity contribution in [3.05, 3.63) is 23.8 Å². The van der Waals surface area contributed by atoms with Crippen molar-refractivity contribution in [1.29, 1.82) is 0 Å². The van der Waals surface area contributed by atoms with Crippen LogP contribution in [0, 0.1) is 0 Å². The molecule has 0 aliphatic carbocycles. The molecule has 2 rings (SSSR count). The van der Waals surface area contributed by atoms with E-state index in [1.807, 2.05) is 4.90 Å². The second-order valence-corrected chi connectivity index (χ2v) is 8.60. The Kier molecular flexibility index (Phi) is 6.84. The Hall–Kier alpha value is -1.60. The fraction of sp³-hybridized carbons (Fsp3) is 0.611. The summed E-state index contributed by atoms with van der Waals surface area (Å²) in [5.74, 6) is 1.41. The number of carbonyl (C=O) groups excluding carboxylic acids is 1. The predicted molar refractivity (Wildman–Crippen MR) is 97.4 cm³/mol. The molecule has 1 fully saturated rings. The molecule has 1 aliphatic rings. The van der Waals surface area contributed by atoms with Crippen LogP contribution in [0.3, 0.4) is 0 Å². The second kappa shape index (κ2) is 8.67. The highest BCUT2D eigenvalue weighted by Gasteiger charge is 2.33. The molecule has 1 aromatic rings. The smallest absolute Gasteiger partial charge is 0.176 e. The number of benzene rings is 1. The van der Waals surface area contributed by atoms with Gasteiger partial charge < -0.3 is 9.47 Å². The van der Waals surface area contributed by atoms with E-state index < -0.39 is 9.84 Å². The van der Waals surface area contributed by atoms with Crippen molar-refractivity contribution >= 4 is 15.6 Å². The summed E-state index contributed by atoms with van der Waals surface area (Å²) >= 11 is 0. The Morgan fingerprint density at radius 1 is 1.24 bits per heavy atom. The molecule has 1 aromatic carbocycles. The standard InChI is InChI=1S/C18H27NO5S/c1-4-5-9-19(15-8-10-25(21,22)13-15)12-16(20)14-6-7-17(23-2)18(11-14)24-3/h6-7,11,15H,4-5,8-10,12-13H2,1-3H3/t15-/m0/s1. The summed E-state index contributed by atoms with van der Waals surface area (Å²) in [6.45, 7) is 3.03. The van der Waals surface area contributed by atoms with E-state index in [1.54, 1.807) is 25.3 Å². The zero-order chi connectivity index (χ0) is 18.4. The molecule has 0 spiro atoms. The van der Waals surface area contributed by atoms with Crippen LogP contribution in [-0.4, -0.2) is 64.0 Å². The fourth-order valence-corrected chi connectivity index (χ4v) is 4.86. The molecule has 25 heavy (non-hydrogen) atoms. The van der Waals surface area contributed by atoms with E-state index in [0.29, 0.717) is 23.5 Å². The average molecular weight is 369 g/mol. The quantitative estimate of drug-likeness (QED) is 0.621. The van der Waals surface area contributed by atoms with Crippen LogP contribution >= 0.6 is 0 Å². The number of Topliss-reactive ketones (excluding diaryl/α,β-unsaturated/α-hetero) is 1. The number of unbranched alkanes of at least 4 members (excludes halogenated alkanes) is 1. The maximum atomic E-state index is 12.7. The normalized spacial score (nSPS) is 19.1. The van der Waals surface area contributed by atoms with Gasteiger partial charge in [0.1, 0.15) is 0 Å². The van der Waals surface area contributed by atoms with Crippen LogP contribution < -0.4 is 9.47 Å². The van der Waals surface area contributed by atoms with Gasteiger partial charge in [-0.2, -0.15) is 0 Å². The Morgan fingerprint density at radius 3 is 2.52 bits per heavy atom. The molecular formula is C18H27NO5S. The van der Waals surface area contributed by atoms with E-state index in [0.717, 1.165) is 19.4 Å². The van der Waals surface area contributed by atoms with E-state index in [1.165, 1.54) is 7.11 Å². The van der Waals surface area contributed by atoms with Crippen molar-refractivity contribution in [3.8, 4) is 11.5 Å². The lowest BCUT2D eigenvalue weighted by atomic mass is 10.1. The summed E-state index contributed by atoms with van der Waals surface area (Å²) < 4.78 is 34.0. The third-order valence-electron chi connectivity index (χ3n) is 4.58. The monoisotopic (exact) mass is 369 g/mol. The molecule has 0 saturated carbocycles. The largest absolute Gasteiger partial charge is 0.493 e. The van der Waals surface area contributed by atoms with Gasteiger partial charge in [-0.05, 0) is 37.6 Å². The van der Waals surface area contributed by atoms with E-state index in [-0.39, 0.29) is 29.9 Å². The number of methoxy groups -OCH3 is 2. The molecule has 140 valence electrons. The molecular weight excluding hydrogens is 342 g/mol. The van der Waals surface area contributed by atoms with Crippen LogP contribution in [0.1, 0.15) is 36.5 Å². The summed E-state index contributed by atoms with van der Waals surface area (Å²) in [5, 5.41) is 0. The highest BCUT2D eigenvalue weighted by atomic mass is 32.2. The minimum atomic E-state index is -2.98. The van der Waals surface area contributed by atoms with Gasteiger partial charge in [-0.15, -0.1) is 0 Å². The molecule has 6 nitrogen and oxygen atoms in total. The SMILES string of the molecule is CCCCN(CC(=O)c1ccc(OC)c(OC)c1)[C@H]1CCS(=O)(=O)C1. The fourth-order valence-electron chi connectivity index (χ4n) is 3.10. The molecule has 1 aliphatic heterocycles. The van der Waals surface area contributed by atoms with Crippen LogP contribution in [-0.2, 0) is 9.84 Å². The third-order valence-corrected chi connectivity index (χ3v) is 6.33. The number of hydrogen-bond donors (Lipinski definition) is 0. The average Bonchev–Trinajstić information content (AvgIpc) is 2.97. The predicted octanol–water partition coefficient (Wildman–Crippen LogP) is 2.18. The number of sulfone groups is 1. The van der Waals surface area contributed by atoms with Gasteiger partial charge in [0.15, 0.2) is 27.1 Å².